The first-order chi connectivity index (χ1) is 12.1. The highest BCUT2D eigenvalue weighted by Gasteiger charge is 2.18. The maximum absolute atomic E-state index is 12.5. The lowest BCUT2D eigenvalue weighted by atomic mass is 10.1. The molecule has 0 aliphatic carbocycles. The number of rotatable bonds is 6. The monoisotopic (exact) mass is 335 g/mol. The number of nitrogens with one attached hydrogen (secondary N) is 1. The predicted molar refractivity (Wildman–Crippen MR) is 101 cm³/mol. The van der Waals surface area contributed by atoms with Crippen LogP contribution < -0.4 is 5.32 Å². The molecule has 1 unspecified atom stereocenters. The van der Waals surface area contributed by atoms with Crippen molar-refractivity contribution in [2.75, 3.05) is 0 Å². The summed E-state index contributed by atoms with van der Waals surface area (Å²) < 4.78 is 2.22. The molecule has 1 amide bonds. The van der Waals surface area contributed by atoms with Crippen molar-refractivity contribution in [3.05, 3.63) is 65.5 Å². The molecule has 0 saturated heterocycles. The van der Waals surface area contributed by atoms with Crippen LogP contribution in [0.2, 0.25) is 0 Å². The minimum absolute atomic E-state index is 0.0249. The Morgan fingerprint density at radius 2 is 1.88 bits per heavy atom. The number of para-hydroxylation sites is 2. The topological polar surface area (TPSA) is 46.9 Å². The molecule has 0 saturated carbocycles. The van der Waals surface area contributed by atoms with Crippen molar-refractivity contribution >= 4 is 16.9 Å². The third-order valence-corrected chi connectivity index (χ3v) is 4.51. The smallest absolute Gasteiger partial charge is 0.225 e. The van der Waals surface area contributed by atoms with Crippen LogP contribution >= 0.6 is 0 Å². The van der Waals surface area contributed by atoms with Crippen LogP contribution in [0.3, 0.4) is 0 Å². The van der Waals surface area contributed by atoms with Crippen LogP contribution in [-0.4, -0.2) is 15.5 Å². The molecule has 1 heterocycles. The van der Waals surface area contributed by atoms with E-state index in [1.165, 1.54) is 0 Å². The van der Waals surface area contributed by atoms with Gasteiger partial charge in [0, 0.05) is 6.54 Å². The van der Waals surface area contributed by atoms with E-state index >= 15 is 0 Å². The van der Waals surface area contributed by atoms with Crippen molar-refractivity contribution in [2.24, 2.45) is 0 Å². The molecule has 3 aromatic rings. The van der Waals surface area contributed by atoms with Crippen LogP contribution in [0.4, 0.5) is 0 Å². The molecular formula is C21H25N3O. The first-order valence-corrected chi connectivity index (χ1v) is 8.89. The van der Waals surface area contributed by atoms with Crippen molar-refractivity contribution < 1.29 is 4.79 Å². The molecular weight excluding hydrogens is 310 g/mol. The predicted octanol–water partition coefficient (Wildman–Crippen LogP) is 4.17. The zero-order valence-corrected chi connectivity index (χ0v) is 15.1. The molecule has 4 nitrogen and oxygen atoms in total. The molecule has 0 spiro atoms. The van der Waals surface area contributed by atoms with E-state index in [9.17, 15) is 4.79 Å². The number of aryl methyl sites for hydroxylation is 2. The Kier molecular flexibility index (Phi) is 5.17. The second-order valence-corrected chi connectivity index (χ2v) is 6.50. The maximum Gasteiger partial charge on any atom is 0.225 e. The van der Waals surface area contributed by atoms with Gasteiger partial charge in [-0.3, -0.25) is 4.79 Å². The van der Waals surface area contributed by atoms with Gasteiger partial charge in [-0.25, -0.2) is 4.98 Å². The fraction of sp³-hybridized carbons (Fsp3) is 0.333. The maximum atomic E-state index is 12.5. The Morgan fingerprint density at radius 1 is 1.16 bits per heavy atom. The summed E-state index contributed by atoms with van der Waals surface area (Å²) in [7, 11) is 0. The summed E-state index contributed by atoms with van der Waals surface area (Å²) in [6.45, 7) is 7.09. The van der Waals surface area contributed by atoms with Gasteiger partial charge in [-0.05, 0) is 43.5 Å². The Bertz CT molecular complexity index is 882. The van der Waals surface area contributed by atoms with E-state index in [2.05, 4.69) is 22.9 Å². The van der Waals surface area contributed by atoms with E-state index in [4.69, 9.17) is 4.98 Å². The summed E-state index contributed by atoms with van der Waals surface area (Å²) in [5, 5.41) is 3.11. The number of hydrogen-bond acceptors (Lipinski definition) is 2. The molecule has 1 N–H and O–H groups in total. The van der Waals surface area contributed by atoms with Gasteiger partial charge in [0.05, 0.1) is 23.5 Å². The van der Waals surface area contributed by atoms with Crippen LogP contribution in [0.25, 0.3) is 11.0 Å². The highest BCUT2D eigenvalue weighted by Crippen LogP contribution is 2.21. The Hall–Kier alpha value is -2.62. The highest BCUT2D eigenvalue weighted by atomic mass is 16.1. The first kappa shape index (κ1) is 17.2. The van der Waals surface area contributed by atoms with E-state index in [-0.39, 0.29) is 11.9 Å². The van der Waals surface area contributed by atoms with Gasteiger partial charge in [0.15, 0.2) is 0 Å². The number of nitrogens with zero attached hydrogens (tertiary/aromatic N) is 2. The van der Waals surface area contributed by atoms with Crippen molar-refractivity contribution in [2.45, 2.75) is 46.2 Å². The minimum Gasteiger partial charge on any atom is -0.346 e. The first-order valence-electron chi connectivity index (χ1n) is 8.89. The molecule has 25 heavy (non-hydrogen) atoms. The summed E-state index contributed by atoms with van der Waals surface area (Å²) >= 11 is 0. The fourth-order valence-corrected chi connectivity index (χ4v) is 3.22. The number of benzene rings is 2. The number of carbonyl (C=O) groups is 1. The zero-order chi connectivity index (χ0) is 17.8. The van der Waals surface area contributed by atoms with Gasteiger partial charge in [0.25, 0.3) is 0 Å². The van der Waals surface area contributed by atoms with E-state index < -0.39 is 0 Å². The molecule has 0 aliphatic heterocycles. The number of carbonyl (C=O) groups excluding carboxylic acids is 1. The minimum atomic E-state index is -0.129. The quantitative estimate of drug-likeness (QED) is 0.735. The lowest BCUT2D eigenvalue weighted by Gasteiger charge is -2.16. The standard InChI is InChI=1S/C21H25N3O/c1-4-13-24-19-12-8-7-11-18(19)23-21(24)16(3)22-20(25)14-17-10-6-5-9-15(17)2/h5-12,16H,4,13-14H2,1-3H3,(H,22,25). The third-order valence-electron chi connectivity index (χ3n) is 4.51. The Balaban J connectivity index is 1.80. The number of aromatic nitrogens is 2. The fourth-order valence-electron chi connectivity index (χ4n) is 3.22. The lowest BCUT2D eigenvalue weighted by Crippen LogP contribution is -2.30. The number of amides is 1. The summed E-state index contributed by atoms with van der Waals surface area (Å²) in [5.74, 6) is 0.943. The normalized spacial score (nSPS) is 12.3. The van der Waals surface area contributed by atoms with Gasteiger partial charge in [-0.15, -0.1) is 0 Å². The van der Waals surface area contributed by atoms with E-state index in [0.717, 1.165) is 41.0 Å². The molecule has 3 rings (SSSR count). The zero-order valence-electron chi connectivity index (χ0n) is 15.1. The average molecular weight is 335 g/mol. The van der Waals surface area contributed by atoms with E-state index in [1.54, 1.807) is 0 Å². The van der Waals surface area contributed by atoms with Crippen LogP contribution in [0.1, 0.15) is 43.3 Å². The van der Waals surface area contributed by atoms with Gasteiger partial charge in [0.2, 0.25) is 5.91 Å². The molecule has 0 radical (unpaired) electrons. The van der Waals surface area contributed by atoms with Crippen LogP contribution in [0.15, 0.2) is 48.5 Å². The molecule has 1 atom stereocenters. The summed E-state index contributed by atoms with van der Waals surface area (Å²) in [6.07, 6.45) is 1.42. The van der Waals surface area contributed by atoms with E-state index in [1.807, 2.05) is 56.3 Å². The average Bonchev–Trinajstić information content (AvgIpc) is 2.96. The van der Waals surface area contributed by atoms with Gasteiger partial charge in [-0.2, -0.15) is 0 Å². The number of hydrogen-bond donors (Lipinski definition) is 1. The van der Waals surface area contributed by atoms with Gasteiger partial charge < -0.3 is 9.88 Å². The van der Waals surface area contributed by atoms with Crippen molar-refractivity contribution in [1.29, 1.82) is 0 Å². The summed E-state index contributed by atoms with van der Waals surface area (Å²) in [5.41, 5.74) is 4.31. The molecule has 0 fully saturated rings. The molecule has 130 valence electrons. The van der Waals surface area contributed by atoms with Crippen molar-refractivity contribution in [1.82, 2.24) is 14.9 Å². The van der Waals surface area contributed by atoms with Gasteiger partial charge >= 0.3 is 0 Å². The summed E-state index contributed by atoms with van der Waals surface area (Å²) in [4.78, 5) is 17.2. The Morgan fingerprint density at radius 3 is 2.64 bits per heavy atom. The number of imidazole rings is 1. The van der Waals surface area contributed by atoms with Crippen molar-refractivity contribution in [3.8, 4) is 0 Å². The highest BCUT2D eigenvalue weighted by molar-refractivity contribution is 5.80. The second-order valence-electron chi connectivity index (χ2n) is 6.50. The molecule has 4 heteroatoms. The van der Waals surface area contributed by atoms with Gasteiger partial charge in [0.1, 0.15) is 5.82 Å². The molecule has 0 aliphatic rings. The Labute approximate surface area is 148 Å². The van der Waals surface area contributed by atoms with Crippen LogP contribution in [0.5, 0.6) is 0 Å². The number of fused-ring (bicyclic) bond motifs is 1. The van der Waals surface area contributed by atoms with Crippen molar-refractivity contribution in [3.63, 3.8) is 0 Å². The molecule has 2 aromatic carbocycles. The second kappa shape index (κ2) is 7.51. The van der Waals surface area contributed by atoms with E-state index in [0.29, 0.717) is 6.42 Å². The lowest BCUT2D eigenvalue weighted by molar-refractivity contribution is -0.121. The summed E-state index contributed by atoms with van der Waals surface area (Å²) in [6, 6.07) is 16.0. The SMILES string of the molecule is CCCn1c(C(C)NC(=O)Cc2ccccc2C)nc2ccccc21. The van der Waals surface area contributed by atoms with Gasteiger partial charge in [-0.1, -0.05) is 43.3 Å². The van der Waals surface area contributed by atoms with Crippen LogP contribution in [0, 0.1) is 6.92 Å². The third kappa shape index (κ3) is 3.73. The molecule has 1 aromatic heterocycles. The molecule has 0 bridgehead atoms. The largest absolute Gasteiger partial charge is 0.346 e. The van der Waals surface area contributed by atoms with Crippen LogP contribution in [-0.2, 0) is 17.8 Å².